The van der Waals surface area contributed by atoms with Gasteiger partial charge in [-0.2, -0.15) is 0 Å². The predicted octanol–water partition coefficient (Wildman–Crippen LogP) is 3.67. The van der Waals surface area contributed by atoms with Gasteiger partial charge in [0, 0.05) is 17.1 Å². The van der Waals surface area contributed by atoms with Crippen molar-refractivity contribution < 1.29 is 14.4 Å². The summed E-state index contributed by atoms with van der Waals surface area (Å²) in [6.45, 7) is 2.08. The standard InChI is InChI=1S/C15H20ClN3O3/c1-2-3-4-5-6-13(20)18-15(22)19-14(21)17-12-9-7-11(16)8-10-12/h7-10H,2-6H2,1H3,(H3,17,18,19,20,21,22). The lowest BCUT2D eigenvalue weighted by atomic mass is 10.1. The van der Waals surface area contributed by atoms with Crippen molar-refractivity contribution in [3.63, 3.8) is 0 Å². The Hall–Kier alpha value is -2.08. The van der Waals surface area contributed by atoms with Crippen LogP contribution in [0.1, 0.15) is 39.0 Å². The Morgan fingerprint density at radius 2 is 1.64 bits per heavy atom. The number of nitrogens with one attached hydrogen (secondary N) is 3. The van der Waals surface area contributed by atoms with Crippen LogP contribution >= 0.6 is 11.6 Å². The van der Waals surface area contributed by atoms with Crippen molar-refractivity contribution in [2.75, 3.05) is 5.32 Å². The molecule has 6 nitrogen and oxygen atoms in total. The molecule has 0 fully saturated rings. The Morgan fingerprint density at radius 3 is 2.27 bits per heavy atom. The van der Waals surface area contributed by atoms with E-state index in [1.807, 2.05) is 5.32 Å². The summed E-state index contributed by atoms with van der Waals surface area (Å²) in [4.78, 5) is 34.5. The fourth-order valence-electron chi connectivity index (χ4n) is 1.73. The summed E-state index contributed by atoms with van der Waals surface area (Å²) in [5, 5.41) is 7.12. The first-order valence-corrected chi connectivity index (χ1v) is 7.56. The first-order valence-electron chi connectivity index (χ1n) is 7.18. The molecule has 1 rings (SSSR count). The van der Waals surface area contributed by atoms with Gasteiger partial charge in [-0.3, -0.25) is 15.4 Å². The Balaban J connectivity index is 2.27. The molecule has 22 heavy (non-hydrogen) atoms. The van der Waals surface area contributed by atoms with Crippen molar-refractivity contribution in [2.24, 2.45) is 0 Å². The molecule has 120 valence electrons. The highest BCUT2D eigenvalue weighted by molar-refractivity contribution is 6.30. The molecule has 3 N–H and O–H groups in total. The number of carbonyl (C=O) groups excluding carboxylic acids is 3. The molecule has 0 bridgehead atoms. The van der Waals surface area contributed by atoms with E-state index in [9.17, 15) is 14.4 Å². The molecular weight excluding hydrogens is 306 g/mol. The van der Waals surface area contributed by atoms with Crippen molar-refractivity contribution in [3.05, 3.63) is 29.3 Å². The van der Waals surface area contributed by atoms with Crippen molar-refractivity contribution in [2.45, 2.75) is 39.0 Å². The number of halogens is 1. The zero-order valence-electron chi connectivity index (χ0n) is 12.4. The molecule has 7 heteroatoms. The van der Waals surface area contributed by atoms with Crippen LogP contribution in [0.4, 0.5) is 15.3 Å². The first kappa shape index (κ1) is 18.0. The maximum absolute atomic E-state index is 11.6. The number of benzene rings is 1. The summed E-state index contributed by atoms with van der Waals surface area (Å²) in [6, 6.07) is 4.84. The summed E-state index contributed by atoms with van der Waals surface area (Å²) in [7, 11) is 0. The van der Waals surface area contributed by atoms with E-state index >= 15 is 0 Å². The first-order chi connectivity index (χ1) is 10.5. The van der Waals surface area contributed by atoms with Gasteiger partial charge in [0.25, 0.3) is 0 Å². The molecule has 0 aliphatic heterocycles. The van der Waals surface area contributed by atoms with E-state index in [0.717, 1.165) is 25.7 Å². The zero-order chi connectivity index (χ0) is 16.4. The second-order valence-electron chi connectivity index (χ2n) is 4.77. The average molecular weight is 326 g/mol. The summed E-state index contributed by atoms with van der Waals surface area (Å²) in [5.41, 5.74) is 0.487. The molecule has 0 saturated carbocycles. The third-order valence-electron chi connectivity index (χ3n) is 2.84. The minimum absolute atomic E-state index is 0.270. The Bertz CT molecular complexity index is 517. The highest BCUT2D eigenvalue weighted by atomic mass is 35.5. The Morgan fingerprint density at radius 1 is 0.955 bits per heavy atom. The molecule has 1 aromatic carbocycles. The third-order valence-corrected chi connectivity index (χ3v) is 3.09. The van der Waals surface area contributed by atoms with Gasteiger partial charge in [-0.25, -0.2) is 9.59 Å². The molecule has 1 aromatic rings. The van der Waals surface area contributed by atoms with Crippen LogP contribution in [0.5, 0.6) is 0 Å². The minimum Gasteiger partial charge on any atom is -0.308 e. The predicted molar refractivity (Wildman–Crippen MR) is 85.9 cm³/mol. The van der Waals surface area contributed by atoms with Gasteiger partial charge >= 0.3 is 12.1 Å². The largest absolute Gasteiger partial charge is 0.329 e. The number of rotatable bonds is 6. The van der Waals surface area contributed by atoms with Crippen molar-refractivity contribution >= 4 is 35.3 Å². The van der Waals surface area contributed by atoms with Crippen LogP contribution in [0.3, 0.4) is 0 Å². The van der Waals surface area contributed by atoms with Crippen molar-refractivity contribution in [3.8, 4) is 0 Å². The van der Waals surface area contributed by atoms with E-state index in [-0.39, 0.29) is 6.42 Å². The molecule has 0 aromatic heterocycles. The molecule has 0 aliphatic rings. The summed E-state index contributed by atoms with van der Waals surface area (Å²) < 4.78 is 0. The lowest BCUT2D eigenvalue weighted by Gasteiger charge is -2.07. The highest BCUT2D eigenvalue weighted by Gasteiger charge is 2.11. The maximum atomic E-state index is 11.6. The number of amides is 5. The van der Waals surface area contributed by atoms with Crippen molar-refractivity contribution in [1.82, 2.24) is 10.6 Å². The smallest absolute Gasteiger partial charge is 0.308 e. The van der Waals surface area contributed by atoms with E-state index in [0.29, 0.717) is 10.7 Å². The SMILES string of the molecule is CCCCCCC(=O)NC(=O)NC(=O)Nc1ccc(Cl)cc1. The number of hydrogen-bond acceptors (Lipinski definition) is 3. The molecule has 0 saturated heterocycles. The fraction of sp³-hybridized carbons (Fsp3) is 0.400. The molecule has 5 amide bonds. The highest BCUT2D eigenvalue weighted by Crippen LogP contribution is 2.12. The van der Waals surface area contributed by atoms with Crippen LogP contribution in [0, 0.1) is 0 Å². The molecule has 0 atom stereocenters. The Labute approximate surface area is 134 Å². The number of unbranched alkanes of at least 4 members (excludes halogenated alkanes) is 3. The van der Waals surface area contributed by atoms with E-state index in [2.05, 4.69) is 17.6 Å². The van der Waals surface area contributed by atoms with Crippen molar-refractivity contribution in [1.29, 1.82) is 0 Å². The van der Waals surface area contributed by atoms with Crippen LogP contribution in [-0.4, -0.2) is 18.0 Å². The van der Waals surface area contributed by atoms with Crippen LogP contribution in [0.2, 0.25) is 5.02 Å². The number of urea groups is 2. The van der Waals surface area contributed by atoms with E-state index < -0.39 is 18.0 Å². The molecular formula is C15H20ClN3O3. The summed E-state index contributed by atoms with van der Waals surface area (Å²) >= 11 is 5.72. The van der Waals surface area contributed by atoms with Crippen LogP contribution in [-0.2, 0) is 4.79 Å². The minimum atomic E-state index is -0.841. The van der Waals surface area contributed by atoms with Gasteiger partial charge in [0.1, 0.15) is 0 Å². The van der Waals surface area contributed by atoms with Gasteiger partial charge in [-0.05, 0) is 30.7 Å². The topological polar surface area (TPSA) is 87.3 Å². The van der Waals surface area contributed by atoms with Gasteiger partial charge in [0.2, 0.25) is 5.91 Å². The summed E-state index contributed by atoms with van der Waals surface area (Å²) in [6.07, 6.45) is 4.08. The van der Waals surface area contributed by atoms with E-state index in [4.69, 9.17) is 11.6 Å². The number of carbonyl (C=O) groups is 3. The zero-order valence-corrected chi connectivity index (χ0v) is 13.2. The van der Waals surface area contributed by atoms with Gasteiger partial charge in [0.05, 0.1) is 0 Å². The number of hydrogen-bond donors (Lipinski definition) is 3. The third kappa shape index (κ3) is 7.64. The molecule has 0 aliphatic carbocycles. The molecule has 0 heterocycles. The lowest BCUT2D eigenvalue weighted by Crippen LogP contribution is -2.44. The lowest BCUT2D eigenvalue weighted by molar-refractivity contribution is -0.120. The van der Waals surface area contributed by atoms with Gasteiger partial charge in [-0.1, -0.05) is 37.8 Å². The van der Waals surface area contributed by atoms with Gasteiger partial charge < -0.3 is 5.32 Å². The van der Waals surface area contributed by atoms with E-state index in [1.54, 1.807) is 24.3 Å². The molecule has 0 radical (unpaired) electrons. The van der Waals surface area contributed by atoms with Crippen LogP contribution in [0.15, 0.2) is 24.3 Å². The van der Waals surface area contributed by atoms with Crippen LogP contribution < -0.4 is 16.0 Å². The van der Waals surface area contributed by atoms with Gasteiger partial charge in [0.15, 0.2) is 0 Å². The second-order valence-corrected chi connectivity index (χ2v) is 5.21. The molecule has 0 unspecified atom stereocenters. The van der Waals surface area contributed by atoms with Gasteiger partial charge in [-0.15, -0.1) is 0 Å². The quantitative estimate of drug-likeness (QED) is 0.697. The normalized spacial score (nSPS) is 9.91. The summed E-state index contributed by atoms with van der Waals surface area (Å²) in [5.74, 6) is -0.395. The Kier molecular flexibility index (Phi) is 7.99. The van der Waals surface area contributed by atoms with Crippen LogP contribution in [0.25, 0.3) is 0 Å². The van der Waals surface area contributed by atoms with E-state index in [1.165, 1.54) is 0 Å². The fourth-order valence-corrected chi connectivity index (χ4v) is 1.86. The maximum Gasteiger partial charge on any atom is 0.329 e. The second kappa shape index (κ2) is 9.78. The monoisotopic (exact) mass is 325 g/mol. The number of imide groups is 2. The average Bonchev–Trinajstić information content (AvgIpc) is 2.46. The number of anilines is 1. The molecule has 0 spiro atoms.